The van der Waals surface area contributed by atoms with Crippen LogP contribution in [0.5, 0.6) is 0 Å². The molecule has 1 aliphatic heterocycles. The van der Waals surface area contributed by atoms with Crippen molar-refractivity contribution >= 4 is 35.0 Å². The fraction of sp³-hybridized carbons (Fsp3) is 0. The lowest BCUT2D eigenvalue weighted by atomic mass is 10.1. The van der Waals surface area contributed by atoms with Crippen molar-refractivity contribution in [1.29, 1.82) is 0 Å². The number of benzene rings is 3. The molecule has 0 unspecified atom stereocenters. The number of nitro groups is 1. The molecular weight excluding hydrogens is 416 g/mol. The number of nitro benzene ring substituents is 1. The van der Waals surface area contributed by atoms with E-state index in [-0.39, 0.29) is 33.9 Å². The van der Waals surface area contributed by atoms with Gasteiger partial charge in [-0.1, -0.05) is 23.4 Å². The number of hydrogen-bond acceptors (Lipinski definition) is 7. The van der Waals surface area contributed by atoms with Gasteiger partial charge in [-0.2, -0.15) is 0 Å². The summed E-state index contributed by atoms with van der Waals surface area (Å²) in [5, 5.41) is 14.3. The number of carbonyl (C=O) groups is 3. The summed E-state index contributed by atoms with van der Waals surface area (Å²) in [4.78, 5) is 53.7. The van der Waals surface area contributed by atoms with Crippen LogP contribution in [0, 0.1) is 10.1 Å². The molecule has 0 spiro atoms. The highest BCUT2D eigenvalue weighted by molar-refractivity contribution is 6.34. The van der Waals surface area contributed by atoms with E-state index in [1.807, 2.05) is 0 Å². The minimum Gasteiger partial charge on any atom is -0.380 e. The molecule has 0 aliphatic carbocycles. The topological polar surface area (TPSA) is 145 Å². The van der Waals surface area contributed by atoms with Gasteiger partial charge in [0.2, 0.25) is 0 Å². The number of anilines is 1. The van der Waals surface area contributed by atoms with E-state index in [4.69, 9.17) is 10.6 Å². The number of imide groups is 1. The molecule has 0 radical (unpaired) electrons. The number of non-ortho nitro benzene ring substituents is 1. The minimum absolute atomic E-state index is 0.0410. The average molecular weight is 430 g/mol. The van der Waals surface area contributed by atoms with E-state index in [1.165, 1.54) is 48.5 Å². The first kappa shape index (κ1) is 20.4. The van der Waals surface area contributed by atoms with Gasteiger partial charge in [0.1, 0.15) is 0 Å². The zero-order valence-corrected chi connectivity index (χ0v) is 16.3. The van der Waals surface area contributed by atoms with E-state index in [1.54, 1.807) is 24.3 Å². The van der Waals surface area contributed by atoms with E-state index in [9.17, 15) is 24.5 Å². The Morgan fingerprint density at radius 3 is 2.12 bits per heavy atom. The van der Waals surface area contributed by atoms with Gasteiger partial charge >= 0.3 is 5.97 Å². The summed E-state index contributed by atoms with van der Waals surface area (Å²) >= 11 is 0. The van der Waals surface area contributed by atoms with Crippen LogP contribution < -0.4 is 10.6 Å². The van der Waals surface area contributed by atoms with Gasteiger partial charge in [0, 0.05) is 17.7 Å². The van der Waals surface area contributed by atoms with Crippen molar-refractivity contribution < 1.29 is 24.1 Å². The van der Waals surface area contributed by atoms with Gasteiger partial charge in [0.05, 0.1) is 27.3 Å². The molecule has 10 nitrogen and oxygen atoms in total. The largest absolute Gasteiger partial charge is 0.380 e. The van der Waals surface area contributed by atoms with Crippen LogP contribution in [0.15, 0.2) is 78.0 Å². The number of carbonyl (C=O) groups excluding carboxylic acids is 3. The Hall–Kier alpha value is -4.86. The predicted molar refractivity (Wildman–Crippen MR) is 113 cm³/mol. The fourth-order valence-electron chi connectivity index (χ4n) is 3.15. The van der Waals surface area contributed by atoms with E-state index >= 15 is 0 Å². The fourth-order valence-corrected chi connectivity index (χ4v) is 3.15. The molecule has 0 saturated heterocycles. The molecule has 1 heterocycles. The number of nitrogens with two attached hydrogens (primary N) is 1. The number of fused-ring (bicyclic) bond motifs is 1. The maximum Gasteiger partial charge on any atom is 0.365 e. The molecule has 0 saturated carbocycles. The third-order valence-corrected chi connectivity index (χ3v) is 4.73. The lowest BCUT2D eigenvalue weighted by Gasteiger charge is -2.14. The third kappa shape index (κ3) is 3.67. The first-order chi connectivity index (χ1) is 15.4. The molecule has 1 aliphatic rings. The van der Waals surface area contributed by atoms with Gasteiger partial charge in [-0.05, 0) is 42.5 Å². The Morgan fingerprint density at radius 1 is 0.906 bits per heavy atom. The van der Waals surface area contributed by atoms with Crippen LogP contribution in [-0.4, -0.2) is 28.5 Å². The number of amidine groups is 1. The van der Waals surface area contributed by atoms with Gasteiger partial charge in [-0.25, -0.2) is 9.69 Å². The summed E-state index contributed by atoms with van der Waals surface area (Å²) in [6, 6.07) is 17.4. The highest BCUT2D eigenvalue weighted by Crippen LogP contribution is 2.28. The monoisotopic (exact) mass is 430 g/mol. The summed E-state index contributed by atoms with van der Waals surface area (Å²) in [6.07, 6.45) is 0. The second-order valence-corrected chi connectivity index (χ2v) is 6.70. The molecular formula is C22H14N4O6. The highest BCUT2D eigenvalue weighted by atomic mass is 16.7. The van der Waals surface area contributed by atoms with Crippen LogP contribution in [0.3, 0.4) is 0 Å². The molecule has 3 aromatic rings. The van der Waals surface area contributed by atoms with Gasteiger partial charge in [-0.3, -0.25) is 19.7 Å². The molecule has 10 heteroatoms. The van der Waals surface area contributed by atoms with Crippen LogP contribution in [0.25, 0.3) is 0 Å². The van der Waals surface area contributed by atoms with E-state index < -0.39 is 22.7 Å². The van der Waals surface area contributed by atoms with Crippen molar-refractivity contribution in [3.8, 4) is 0 Å². The van der Waals surface area contributed by atoms with Crippen LogP contribution in [0.4, 0.5) is 11.4 Å². The Labute approximate surface area is 180 Å². The Kier molecular flexibility index (Phi) is 5.17. The van der Waals surface area contributed by atoms with Crippen LogP contribution >= 0.6 is 0 Å². The SMILES string of the molecule is N/C(=N\OC(=O)c1cccc(N2C(=O)c3ccccc3C2=O)c1)c1ccc([N+](=O)[O-])cc1. The van der Waals surface area contributed by atoms with Crippen molar-refractivity contribution in [2.45, 2.75) is 0 Å². The standard InChI is InChI=1S/C22H14N4O6/c23-19(13-8-10-15(11-9-13)26(30)31)24-32-22(29)14-4-3-5-16(12-14)25-20(27)17-6-1-2-7-18(17)21(25)28/h1-12H,(H2,23,24). The van der Waals surface area contributed by atoms with Gasteiger partial charge in [0.15, 0.2) is 5.84 Å². The van der Waals surface area contributed by atoms with E-state index in [0.717, 1.165) is 4.90 Å². The quantitative estimate of drug-likeness (QED) is 0.164. The smallest absolute Gasteiger partial charge is 0.365 e. The second kappa shape index (κ2) is 8.11. The Bertz CT molecular complexity index is 1260. The molecule has 0 fully saturated rings. The average Bonchev–Trinajstić information content (AvgIpc) is 3.07. The summed E-state index contributed by atoms with van der Waals surface area (Å²) in [5.41, 5.74) is 6.78. The molecule has 4 rings (SSSR count). The summed E-state index contributed by atoms with van der Waals surface area (Å²) < 4.78 is 0. The second-order valence-electron chi connectivity index (χ2n) is 6.70. The molecule has 32 heavy (non-hydrogen) atoms. The lowest BCUT2D eigenvalue weighted by molar-refractivity contribution is -0.384. The molecule has 2 N–H and O–H groups in total. The van der Waals surface area contributed by atoms with Crippen molar-refractivity contribution in [2.75, 3.05) is 4.90 Å². The van der Waals surface area contributed by atoms with Crippen LogP contribution in [-0.2, 0) is 4.84 Å². The van der Waals surface area contributed by atoms with Crippen molar-refractivity contribution in [3.05, 3.63) is 105 Å². The van der Waals surface area contributed by atoms with Gasteiger partial charge in [0.25, 0.3) is 17.5 Å². The maximum atomic E-state index is 12.6. The van der Waals surface area contributed by atoms with Crippen LogP contribution in [0.1, 0.15) is 36.6 Å². The summed E-state index contributed by atoms with van der Waals surface area (Å²) in [5.74, 6) is -2.01. The minimum atomic E-state index is -0.867. The van der Waals surface area contributed by atoms with E-state index in [2.05, 4.69) is 5.16 Å². The van der Waals surface area contributed by atoms with Gasteiger partial charge < -0.3 is 10.6 Å². The van der Waals surface area contributed by atoms with Crippen LogP contribution in [0.2, 0.25) is 0 Å². The highest BCUT2D eigenvalue weighted by Gasteiger charge is 2.36. The molecule has 0 atom stereocenters. The zero-order valence-electron chi connectivity index (χ0n) is 16.3. The predicted octanol–water partition coefficient (Wildman–Crippen LogP) is 2.87. The van der Waals surface area contributed by atoms with Crippen molar-refractivity contribution in [3.63, 3.8) is 0 Å². The zero-order chi connectivity index (χ0) is 22.8. The summed E-state index contributed by atoms with van der Waals surface area (Å²) in [7, 11) is 0. The number of nitrogens with zero attached hydrogens (tertiary/aromatic N) is 3. The van der Waals surface area contributed by atoms with Crippen molar-refractivity contribution in [1.82, 2.24) is 0 Å². The number of rotatable bonds is 5. The lowest BCUT2D eigenvalue weighted by Crippen LogP contribution is -2.29. The van der Waals surface area contributed by atoms with Gasteiger partial charge in [-0.15, -0.1) is 0 Å². The Morgan fingerprint density at radius 2 is 1.53 bits per heavy atom. The van der Waals surface area contributed by atoms with Crippen molar-refractivity contribution in [2.24, 2.45) is 10.9 Å². The molecule has 0 bridgehead atoms. The summed E-state index contributed by atoms with van der Waals surface area (Å²) in [6.45, 7) is 0. The molecule has 0 aromatic heterocycles. The third-order valence-electron chi connectivity index (χ3n) is 4.73. The number of amides is 2. The number of hydrogen-bond donors (Lipinski definition) is 1. The normalized spacial score (nSPS) is 13.1. The first-order valence-corrected chi connectivity index (χ1v) is 9.24. The molecule has 158 valence electrons. The molecule has 3 aromatic carbocycles. The maximum absolute atomic E-state index is 12.6. The number of oxime groups is 1. The molecule has 2 amide bonds. The Balaban J connectivity index is 1.52. The first-order valence-electron chi connectivity index (χ1n) is 9.24. The van der Waals surface area contributed by atoms with E-state index in [0.29, 0.717) is 5.56 Å².